The second kappa shape index (κ2) is 8.09. The third-order valence-corrected chi connectivity index (χ3v) is 3.83. The summed E-state index contributed by atoms with van der Waals surface area (Å²) in [5, 5.41) is 28.0. The van der Waals surface area contributed by atoms with Gasteiger partial charge < -0.3 is 10.6 Å². The molecule has 0 aliphatic carbocycles. The molecule has 0 aliphatic heterocycles. The average Bonchev–Trinajstić information content (AvgIpc) is 2.56. The molecule has 132 valence electrons. The lowest BCUT2D eigenvalue weighted by atomic mass is 10.1. The van der Waals surface area contributed by atoms with E-state index < -0.39 is 9.85 Å². The van der Waals surface area contributed by atoms with E-state index in [0.29, 0.717) is 13.1 Å². The lowest BCUT2D eigenvalue weighted by Gasteiger charge is -2.11. The van der Waals surface area contributed by atoms with E-state index in [4.69, 9.17) is 0 Å². The van der Waals surface area contributed by atoms with Crippen LogP contribution in [0.3, 0.4) is 0 Å². The zero-order chi connectivity index (χ0) is 18.4. The maximum atomic E-state index is 10.7. The molecular weight excluding hydrogens is 324 g/mol. The monoisotopic (exact) mass is 344 g/mol. The van der Waals surface area contributed by atoms with Gasteiger partial charge in [0.05, 0.1) is 9.85 Å². The van der Waals surface area contributed by atoms with E-state index >= 15 is 0 Å². The molecule has 8 heteroatoms. The number of benzene rings is 2. The fraction of sp³-hybridized carbons (Fsp3) is 0.294. The number of aryl methyl sites for hydroxylation is 2. The number of hydrogen-bond acceptors (Lipinski definition) is 6. The normalized spacial score (nSPS) is 10.3. The highest BCUT2D eigenvalue weighted by atomic mass is 16.6. The molecular formula is C17H20N4O4. The van der Waals surface area contributed by atoms with Crippen molar-refractivity contribution in [1.82, 2.24) is 0 Å². The largest absolute Gasteiger partial charge is 0.385 e. The average molecular weight is 344 g/mol. The molecule has 8 nitrogen and oxygen atoms in total. The Morgan fingerprint density at radius 2 is 1.20 bits per heavy atom. The summed E-state index contributed by atoms with van der Waals surface area (Å²) >= 11 is 0. The predicted octanol–water partition coefficient (Wildman–Crippen LogP) is 4.03. The molecule has 0 atom stereocenters. The third kappa shape index (κ3) is 4.90. The number of anilines is 2. The maximum Gasteiger partial charge on any atom is 0.269 e. The van der Waals surface area contributed by atoms with Gasteiger partial charge in [-0.3, -0.25) is 20.2 Å². The third-order valence-electron chi connectivity index (χ3n) is 3.83. The Bertz CT molecular complexity index is 727. The Labute approximate surface area is 145 Å². The summed E-state index contributed by atoms with van der Waals surface area (Å²) in [4.78, 5) is 20.6. The highest BCUT2D eigenvalue weighted by molar-refractivity contribution is 5.56. The van der Waals surface area contributed by atoms with Crippen molar-refractivity contribution >= 4 is 22.7 Å². The van der Waals surface area contributed by atoms with E-state index in [2.05, 4.69) is 10.6 Å². The first-order chi connectivity index (χ1) is 11.9. The number of nitro groups is 2. The van der Waals surface area contributed by atoms with Gasteiger partial charge in [-0.25, -0.2) is 0 Å². The number of hydrogen-bond donors (Lipinski definition) is 2. The van der Waals surface area contributed by atoms with E-state index in [1.54, 1.807) is 24.3 Å². The quantitative estimate of drug-likeness (QED) is 0.425. The van der Waals surface area contributed by atoms with Crippen molar-refractivity contribution in [3.8, 4) is 0 Å². The summed E-state index contributed by atoms with van der Waals surface area (Å²) in [6.45, 7) is 5.07. The van der Waals surface area contributed by atoms with Gasteiger partial charge in [0.25, 0.3) is 11.4 Å². The second-order valence-electron chi connectivity index (χ2n) is 5.72. The van der Waals surface area contributed by atoms with Crippen LogP contribution in [0.4, 0.5) is 22.7 Å². The summed E-state index contributed by atoms with van der Waals surface area (Å²) < 4.78 is 0. The molecule has 0 spiro atoms. The number of nitro benzene ring substituents is 2. The van der Waals surface area contributed by atoms with Crippen LogP contribution in [0.25, 0.3) is 0 Å². The molecule has 0 radical (unpaired) electrons. The van der Waals surface area contributed by atoms with Crippen LogP contribution in [0.2, 0.25) is 0 Å². The van der Waals surface area contributed by atoms with Crippen LogP contribution >= 0.6 is 0 Å². The Morgan fingerprint density at radius 3 is 1.52 bits per heavy atom. The molecule has 2 N–H and O–H groups in total. The molecule has 0 amide bonds. The molecule has 2 rings (SSSR count). The Balaban J connectivity index is 1.80. The summed E-state index contributed by atoms with van der Waals surface area (Å²) in [7, 11) is 0. The van der Waals surface area contributed by atoms with E-state index in [1.807, 2.05) is 13.8 Å². The molecule has 0 fully saturated rings. The van der Waals surface area contributed by atoms with Crippen molar-refractivity contribution in [2.45, 2.75) is 20.3 Å². The fourth-order valence-electron chi connectivity index (χ4n) is 2.45. The number of rotatable bonds is 8. The number of nitrogens with zero attached hydrogens (tertiary/aromatic N) is 2. The van der Waals surface area contributed by atoms with Gasteiger partial charge in [-0.05, 0) is 43.5 Å². The first kappa shape index (κ1) is 18.2. The van der Waals surface area contributed by atoms with Gasteiger partial charge >= 0.3 is 0 Å². The number of nitrogens with one attached hydrogen (secondary N) is 2. The van der Waals surface area contributed by atoms with Gasteiger partial charge in [0.15, 0.2) is 0 Å². The first-order valence-electron chi connectivity index (χ1n) is 7.86. The fourth-order valence-corrected chi connectivity index (χ4v) is 2.45. The van der Waals surface area contributed by atoms with Crippen molar-refractivity contribution in [2.75, 3.05) is 23.7 Å². The lowest BCUT2D eigenvalue weighted by molar-refractivity contribution is -0.385. The summed E-state index contributed by atoms with van der Waals surface area (Å²) in [6, 6.07) is 9.46. The van der Waals surface area contributed by atoms with Crippen molar-refractivity contribution < 1.29 is 9.85 Å². The molecule has 0 saturated heterocycles. The van der Waals surface area contributed by atoms with Crippen molar-refractivity contribution in [3.63, 3.8) is 0 Å². The summed E-state index contributed by atoms with van der Waals surface area (Å²) in [5.74, 6) is 0. The minimum atomic E-state index is -0.409. The van der Waals surface area contributed by atoms with Crippen LogP contribution in [0.1, 0.15) is 17.5 Å². The zero-order valence-electron chi connectivity index (χ0n) is 14.1. The molecule has 2 aromatic rings. The zero-order valence-corrected chi connectivity index (χ0v) is 14.1. The highest BCUT2D eigenvalue weighted by Gasteiger charge is 2.08. The molecule has 2 aromatic carbocycles. The summed E-state index contributed by atoms with van der Waals surface area (Å²) in [6.07, 6.45) is 0.826. The smallest absolute Gasteiger partial charge is 0.269 e. The van der Waals surface area contributed by atoms with Crippen LogP contribution < -0.4 is 10.6 Å². The SMILES string of the molecule is Cc1cc([N+](=O)[O-])ccc1NCCCNc1ccc([N+](=O)[O-])cc1C. The van der Waals surface area contributed by atoms with Crippen LogP contribution in [0.5, 0.6) is 0 Å². The molecule has 0 heterocycles. The molecule has 0 aromatic heterocycles. The topological polar surface area (TPSA) is 110 Å². The van der Waals surface area contributed by atoms with Crippen molar-refractivity contribution in [1.29, 1.82) is 0 Å². The lowest BCUT2D eigenvalue weighted by Crippen LogP contribution is -2.10. The van der Waals surface area contributed by atoms with E-state index in [0.717, 1.165) is 28.9 Å². The molecule has 0 unspecified atom stereocenters. The minimum absolute atomic E-state index is 0.0818. The van der Waals surface area contributed by atoms with Gasteiger partial charge in [-0.2, -0.15) is 0 Å². The van der Waals surface area contributed by atoms with Gasteiger partial charge in [0, 0.05) is 48.7 Å². The maximum absolute atomic E-state index is 10.7. The Morgan fingerprint density at radius 1 is 0.800 bits per heavy atom. The summed E-state index contributed by atoms with van der Waals surface area (Å²) in [5.41, 5.74) is 3.56. The van der Waals surface area contributed by atoms with Crippen molar-refractivity contribution in [3.05, 3.63) is 67.8 Å². The number of non-ortho nitro benzene ring substituents is 2. The van der Waals surface area contributed by atoms with E-state index in [-0.39, 0.29) is 11.4 Å². The molecule has 25 heavy (non-hydrogen) atoms. The van der Waals surface area contributed by atoms with Gasteiger partial charge in [-0.1, -0.05) is 0 Å². The Hall–Kier alpha value is -3.16. The predicted molar refractivity (Wildman–Crippen MR) is 97.3 cm³/mol. The van der Waals surface area contributed by atoms with Crippen LogP contribution in [-0.2, 0) is 0 Å². The highest BCUT2D eigenvalue weighted by Crippen LogP contribution is 2.22. The molecule has 0 bridgehead atoms. The van der Waals surface area contributed by atoms with Crippen molar-refractivity contribution in [2.24, 2.45) is 0 Å². The van der Waals surface area contributed by atoms with Crippen LogP contribution in [0, 0.1) is 34.1 Å². The standard InChI is InChI=1S/C17H20N4O4/c1-12-10-14(20(22)23)4-6-16(12)18-8-3-9-19-17-7-5-15(21(24)25)11-13(17)2/h4-7,10-11,18-19H,3,8-9H2,1-2H3. The van der Waals surface area contributed by atoms with E-state index in [9.17, 15) is 20.2 Å². The second-order valence-corrected chi connectivity index (χ2v) is 5.72. The van der Waals surface area contributed by atoms with Crippen LogP contribution in [-0.4, -0.2) is 22.9 Å². The van der Waals surface area contributed by atoms with Gasteiger partial charge in [0.2, 0.25) is 0 Å². The minimum Gasteiger partial charge on any atom is -0.385 e. The Kier molecular flexibility index (Phi) is 5.89. The van der Waals surface area contributed by atoms with E-state index in [1.165, 1.54) is 12.1 Å². The van der Waals surface area contributed by atoms with Gasteiger partial charge in [-0.15, -0.1) is 0 Å². The molecule has 0 aliphatic rings. The molecule has 0 saturated carbocycles. The van der Waals surface area contributed by atoms with Gasteiger partial charge in [0.1, 0.15) is 0 Å². The first-order valence-corrected chi connectivity index (χ1v) is 7.86. The van der Waals surface area contributed by atoms with Crippen LogP contribution in [0.15, 0.2) is 36.4 Å².